The number of rotatable bonds is 7. The highest BCUT2D eigenvalue weighted by molar-refractivity contribution is 6.18. The van der Waals surface area contributed by atoms with Gasteiger partial charge in [0.25, 0.3) is 0 Å². The average molecular weight is 308 g/mol. The van der Waals surface area contributed by atoms with E-state index in [0.717, 1.165) is 37.1 Å². The van der Waals surface area contributed by atoms with Crippen LogP contribution < -0.4 is 5.32 Å². The maximum absolute atomic E-state index is 12.4. The Morgan fingerprint density at radius 3 is 2.00 bits per heavy atom. The molecule has 0 aliphatic carbocycles. The maximum Gasteiger partial charge on any atom is 0.416 e. The van der Waals surface area contributed by atoms with Crippen LogP contribution in [-0.2, 0) is 12.7 Å². The molecule has 0 spiro atoms. The van der Waals surface area contributed by atoms with E-state index < -0.39 is 11.7 Å². The summed E-state index contributed by atoms with van der Waals surface area (Å²) in [5.74, 6) is 0.583. The van der Waals surface area contributed by atoms with E-state index in [1.807, 2.05) is 0 Å². The lowest BCUT2D eigenvalue weighted by atomic mass is 9.84. The fraction of sp³-hybridized carbons (Fsp3) is 0.600. The second kappa shape index (κ2) is 7.32. The Morgan fingerprint density at radius 1 is 1.05 bits per heavy atom. The Bertz CT molecular complexity index is 388. The zero-order valence-corrected chi connectivity index (χ0v) is 12.6. The predicted molar refractivity (Wildman–Crippen MR) is 76.9 cm³/mol. The van der Waals surface area contributed by atoms with Crippen LogP contribution in [0.3, 0.4) is 0 Å². The summed E-state index contributed by atoms with van der Waals surface area (Å²) in [6, 6.07) is 5.25. The van der Waals surface area contributed by atoms with Gasteiger partial charge in [-0.1, -0.05) is 26.0 Å². The first kappa shape index (κ1) is 17.3. The Morgan fingerprint density at radius 2 is 1.60 bits per heavy atom. The number of alkyl halides is 4. The largest absolute Gasteiger partial charge is 0.416 e. The van der Waals surface area contributed by atoms with Crippen molar-refractivity contribution >= 4 is 11.6 Å². The van der Waals surface area contributed by atoms with Crippen LogP contribution in [0.2, 0.25) is 0 Å². The summed E-state index contributed by atoms with van der Waals surface area (Å²) in [5.41, 5.74) is 0.292. The van der Waals surface area contributed by atoms with Crippen LogP contribution in [0.4, 0.5) is 13.2 Å². The summed E-state index contributed by atoms with van der Waals surface area (Å²) >= 11 is 6.01. The molecule has 0 amide bonds. The van der Waals surface area contributed by atoms with Crippen molar-refractivity contribution in [1.29, 1.82) is 0 Å². The maximum atomic E-state index is 12.4. The van der Waals surface area contributed by atoms with Gasteiger partial charge < -0.3 is 5.32 Å². The van der Waals surface area contributed by atoms with Crippen molar-refractivity contribution in [2.45, 2.75) is 39.4 Å². The Balaban J connectivity index is 2.54. The van der Waals surface area contributed by atoms with E-state index >= 15 is 0 Å². The van der Waals surface area contributed by atoms with Crippen LogP contribution in [0.1, 0.15) is 37.8 Å². The zero-order valence-electron chi connectivity index (χ0n) is 11.9. The zero-order chi connectivity index (χ0) is 15.2. The van der Waals surface area contributed by atoms with E-state index in [4.69, 9.17) is 11.6 Å². The third-order valence-corrected chi connectivity index (χ3v) is 4.46. The number of hydrogen-bond donors (Lipinski definition) is 1. The summed E-state index contributed by atoms with van der Waals surface area (Å²) in [5, 5.41) is 3.29. The molecule has 1 N–H and O–H groups in total. The molecule has 0 saturated carbocycles. The Hall–Kier alpha value is -0.740. The monoisotopic (exact) mass is 307 g/mol. The van der Waals surface area contributed by atoms with E-state index in [2.05, 4.69) is 19.2 Å². The lowest BCUT2D eigenvalue weighted by Gasteiger charge is -2.29. The molecule has 0 aromatic heterocycles. The minimum atomic E-state index is -4.27. The van der Waals surface area contributed by atoms with E-state index in [1.165, 1.54) is 12.1 Å². The standard InChI is InChI=1S/C15H21ClF3N/c1-3-14(4-2,10-16)11-20-9-12-5-7-13(8-6-12)15(17,18)19/h5-8,20H,3-4,9-11H2,1-2H3. The normalized spacial score (nSPS) is 12.7. The number of nitrogens with one attached hydrogen (secondary N) is 1. The summed E-state index contributed by atoms with van der Waals surface area (Å²) in [6.45, 7) is 5.53. The molecule has 0 heterocycles. The smallest absolute Gasteiger partial charge is 0.312 e. The van der Waals surface area contributed by atoms with Crippen LogP contribution in [0.25, 0.3) is 0 Å². The minimum absolute atomic E-state index is 0.0630. The van der Waals surface area contributed by atoms with Crippen molar-refractivity contribution in [3.8, 4) is 0 Å². The molecule has 0 aliphatic rings. The number of benzene rings is 1. The number of halogens is 4. The molecule has 0 atom stereocenters. The highest BCUT2D eigenvalue weighted by Gasteiger charge is 2.30. The van der Waals surface area contributed by atoms with Crippen molar-refractivity contribution in [1.82, 2.24) is 5.32 Å². The second-order valence-electron chi connectivity index (χ2n) is 5.14. The fourth-order valence-electron chi connectivity index (χ4n) is 2.02. The van der Waals surface area contributed by atoms with Gasteiger partial charge in [-0.3, -0.25) is 0 Å². The van der Waals surface area contributed by atoms with E-state index in [-0.39, 0.29) is 5.41 Å². The van der Waals surface area contributed by atoms with Gasteiger partial charge in [0.15, 0.2) is 0 Å². The highest BCUT2D eigenvalue weighted by atomic mass is 35.5. The van der Waals surface area contributed by atoms with Crippen molar-refractivity contribution in [2.75, 3.05) is 12.4 Å². The Kier molecular flexibility index (Phi) is 6.34. The molecule has 0 fully saturated rings. The first-order chi connectivity index (χ1) is 9.37. The van der Waals surface area contributed by atoms with Gasteiger partial charge in [-0.25, -0.2) is 0 Å². The fourth-order valence-corrected chi connectivity index (χ4v) is 2.49. The predicted octanol–water partition coefficient (Wildman–Crippen LogP) is 4.84. The van der Waals surface area contributed by atoms with E-state index in [1.54, 1.807) is 0 Å². The van der Waals surface area contributed by atoms with Crippen molar-refractivity contribution in [2.24, 2.45) is 5.41 Å². The molecule has 0 radical (unpaired) electrons. The van der Waals surface area contributed by atoms with Gasteiger partial charge in [0.1, 0.15) is 0 Å². The first-order valence-corrected chi connectivity index (χ1v) is 7.33. The van der Waals surface area contributed by atoms with Crippen LogP contribution >= 0.6 is 11.6 Å². The van der Waals surface area contributed by atoms with Gasteiger partial charge in [0, 0.05) is 19.0 Å². The molecule has 0 saturated heterocycles. The first-order valence-electron chi connectivity index (χ1n) is 6.79. The lowest BCUT2D eigenvalue weighted by molar-refractivity contribution is -0.137. The van der Waals surface area contributed by atoms with Gasteiger partial charge in [0.05, 0.1) is 5.56 Å². The van der Waals surface area contributed by atoms with Crippen LogP contribution in [0.15, 0.2) is 24.3 Å². The molecule has 20 heavy (non-hydrogen) atoms. The molecule has 1 rings (SSSR count). The molecule has 1 nitrogen and oxygen atoms in total. The van der Waals surface area contributed by atoms with Crippen LogP contribution in [0.5, 0.6) is 0 Å². The van der Waals surface area contributed by atoms with E-state index in [0.29, 0.717) is 12.4 Å². The summed E-state index contributed by atoms with van der Waals surface area (Å²) < 4.78 is 37.3. The lowest BCUT2D eigenvalue weighted by Crippen LogP contribution is -2.34. The molecule has 5 heteroatoms. The van der Waals surface area contributed by atoms with Gasteiger partial charge in [-0.15, -0.1) is 11.6 Å². The SMILES string of the molecule is CCC(CC)(CCl)CNCc1ccc(C(F)(F)F)cc1. The van der Waals surface area contributed by atoms with Crippen molar-refractivity contribution < 1.29 is 13.2 Å². The minimum Gasteiger partial charge on any atom is -0.312 e. The summed E-state index contributed by atoms with van der Waals surface area (Å²) in [6.07, 6.45) is -2.32. The Labute approximate surface area is 123 Å². The summed E-state index contributed by atoms with van der Waals surface area (Å²) in [7, 11) is 0. The van der Waals surface area contributed by atoms with Crippen molar-refractivity contribution in [3.05, 3.63) is 35.4 Å². The van der Waals surface area contributed by atoms with Gasteiger partial charge >= 0.3 is 6.18 Å². The third-order valence-electron chi connectivity index (χ3n) is 3.89. The van der Waals surface area contributed by atoms with Crippen LogP contribution in [0, 0.1) is 5.41 Å². The molecule has 1 aromatic carbocycles. The molecular weight excluding hydrogens is 287 g/mol. The molecule has 1 aromatic rings. The highest BCUT2D eigenvalue weighted by Crippen LogP contribution is 2.29. The van der Waals surface area contributed by atoms with E-state index in [9.17, 15) is 13.2 Å². The second-order valence-corrected chi connectivity index (χ2v) is 5.41. The van der Waals surface area contributed by atoms with Gasteiger partial charge in [-0.05, 0) is 36.0 Å². The topological polar surface area (TPSA) is 12.0 Å². The number of hydrogen-bond acceptors (Lipinski definition) is 1. The van der Waals surface area contributed by atoms with Gasteiger partial charge in [0.2, 0.25) is 0 Å². The third kappa shape index (κ3) is 4.67. The average Bonchev–Trinajstić information content (AvgIpc) is 2.44. The molecule has 0 aliphatic heterocycles. The molecule has 0 bridgehead atoms. The quantitative estimate of drug-likeness (QED) is 0.711. The summed E-state index contributed by atoms with van der Waals surface area (Å²) in [4.78, 5) is 0. The molecular formula is C15H21ClF3N. The van der Waals surface area contributed by atoms with Gasteiger partial charge in [-0.2, -0.15) is 13.2 Å². The van der Waals surface area contributed by atoms with Crippen LogP contribution in [-0.4, -0.2) is 12.4 Å². The molecule has 114 valence electrons. The molecule has 0 unspecified atom stereocenters. The van der Waals surface area contributed by atoms with Crippen molar-refractivity contribution in [3.63, 3.8) is 0 Å².